The van der Waals surface area contributed by atoms with Gasteiger partial charge in [0, 0.05) is 12.7 Å². The van der Waals surface area contributed by atoms with Gasteiger partial charge in [-0.15, -0.1) is 12.6 Å². The van der Waals surface area contributed by atoms with Gasteiger partial charge in [-0.2, -0.15) is 0 Å². The van der Waals surface area contributed by atoms with Crippen molar-refractivity contribution < 1.29 is 14.4 Å². The van der Waals surface area contributed by atoms with Crippen LogP contribution in [-0.4, -0.2) is 26.8 Å². The molecular weight excluding hydrogens is 385 g/mol. The van der Waals surface area contributed by atoms with Gasteiger partial charge in [0.2, 0.25) is 0 Å². The summed E-state index contributed by atoms with van der Waals surface area (Å²) in [6.45, 7) is 0.954. The van der Waals surface area contributed by atoms with Gasteiger partial charge in [-0.05, 0) is 12.8 Å². The first-order valence-corrected chi connectivity index (χ1v) is 13.1. The van der Waals surface area contributed by atoms with Crippen molar-refractivity contribution in [1.82, 2.24) is 5.32 Å². The molecule has 0 unspecified atom stereocenters. The van der Waals surface area contributed by atoms with Crippen molar-refractivity contribution >= 4 is 36.8 Å². The number of hydrogen-bond donors (Lipinski definition) is 4. The second-order valence-electron chi connectivity index (χ2n) is 7.28. The first kappa shape index (κ1) is 26.4. The summed E-state index contributed by atoms with van der Waals surface area (Å²) < 4.78 is 11.3. The number of unbranched alkanes of at least 4 members (excludes halogenated alkanes) is 15. The van der Waals surface area contributed by atoms with E-state index >= 15 is 0 Å². The Kier molecular flexibility index (Phi) is 19.0. The van der Waals surface area contributed by atoms with E-state index in [1.54, 1.807) is 0 Å². The Morgan fingerprint density at radius 1 is 0.692 bits per heavy atom. The minimum absolute atomic E-state index is 0.0505. The van der Waals surface area contributed by atoms with Crippen LogP contribution in [0.2, 0.25) is 0 Å². The molecule has 0 rings (SSSR count). The molecule has 0 aliphatic carbocycles. The molecule has 0 bridgehead atoms. The van der Waals surface area contributed by atoms with Crippen molar-refractivity contribution in [2.75, 3.05) is 12.7 Å². The van der Waals surface area contributed by atoms with E-state index in [0.29, 0.717) is 10.7 Å². The molecule has 7 heteroatoms. The standard InChI is InChI=1S/C19H40NO3PS2/c21-24(22,23)18-16-14-12-10-8-6-4-2-1-3-5-7-9-11-13-15-17-20-19(25)26/h1-18H2,(H2,20,25,26)(H2,21,22,23). The summed E-state index contributed by atoms with van der Waals surface area (Å²) in [5, 5.41) is 3.07. The van der Waals surface area contributed by atoms with E-state index < -0.39 is 7.60 Å². The lowest BCUT2D eigenvalue weighted by molar-refractivity contribution is 0.370. The Hall–Kier alpha value is 0.390. The van der Waals surface area contributed by atoms with Crippen LogP contribution < -0.4 is 5.32 Å². The molecule has 0 saturated heterocycles. The lowest BCUT2D eigenvalue weighted by Gasteiger charge is -2.05. The molecule has 0 aromatic heterocycles. The third-order valence-corrected chi connectivity index (χ3v) is 5.85. The average molecular weight is 426 g/mol. The van der Waals surface area contributed by atoms with E-state index in [4.69, 9.17) is 22.0 Å². The highest BCUT2D eigenvalue weighted by atomic mass is 32.1. The fourth-order valence-corrected chi connectivity index (χ4v) is 3.96. The lowest BCUT2D eigenvalue weighted by Crippen LogP contribution is -2.17. The van der Waals surface area contributed by atoms with Crippen LogP contribution in [0, 0.1) is 0 Å². The largest absolute Gasteiger partial charge is 0.371 e. The molecule has 26 heavy (non-hydrogen) atoms. The molecule has 0 fully saturated rings. The van der Waals surface area contributed by atoms with Gasteiger partial charge in [0.15, 0.2) is 0 Å². The molecule has 0 aromatic rings. The van der Waals surface area contributed by atoms with Gasteiger partial charge < -0.3 is 15.1 Å². The molecule has 0 radical (unpaired) electrons. The topological polar surface area (TPSA) is 69.6 Å². The fraction of sp³-hybridized carbons (Fsp3) is 0.947. The number of nitrogens with one attached hydrogen (secondary N) is 1. The van der Waals surface area contributed by atoms with E-state index in [2.05, 4.69) is 17.9 Å². The molecular formula is C19H40NO3PS2. The van der Waals surface area contributed by atoms with Gasteiger partial charge in [-0.3, -0.25) is 4.57 Å². The quantitative estimate of drug-likeness (QED) is 0.0857. The highest BCUT2D eigenvalue weighted by molar-refractivity contribution is 8.11. The lowest BCUT2D eigenvalue weighted by atomic mass is 10.0. The van der Waals surface area contributed by atoms with Crippen LogP contribution in [-0.2, 0) is 4.57 Å². The molecule has 0 aromatic carbocycles. The normalized spacial score (nSPS) is 11.7. The first-order valence-electron chi connectivity index (χ1n) is 10.4. The summed E-state index contributed by atoms with van der Waals surface area (Å²) >= 11 is 8.89. The van der Waals surface area contributed by atoms with E-state index in [9.17, 15) is 4.57 Å². The molecule has 3 N–H and O–H groups in total. The van der Waals surface area contributed by atoms with Gasteiger partial charge in [-0.1, -0.05) is 102 Å². The molecule has 4 nitrogen and oxygen atoms in total. The Morgan fingerprint density at radius 2 is 1.00 bits per heavy atom. The van der Waals surface area contributed by atoms with Crippen molar-refractivity contribution in [3.05, 3.63) is 0 Å². The molecule has 0 saturated carbocycles. The molecule has 156 valence electrons. The Bertz CT molecular complexity index is 378. The maximum Gasteiger partial charge on any atom is 0.325 e. The van der Waals surface area contributed by atoms with Crippen molar-refractivity contribution in [1.29, 1.82) is 0 Å². The van der Waals surface area contributed by atoms with Crippen LogP contribution in [0.4, 0.5) is 0 Å². The minimum Gasteiger partial charge on any atom is -0.371 e. The zero-order valence-electron chi connectivity index (χ0n) is 16.3. The van der Waals surface area contributed by atoms with E-state index in [1.807, 2.05) is 0 Å². The van der Waals surface area contributed by atoms with Crippen LogP contribution in [0.1, 0.15) is 103 Å². The Labute approximate surface area is 171 Å². The maximum absolute atomic E-state index is 10.7. The second kappa shape index (κ2) is 18.7. The SMILES string of the molecule is O=P(O)(O)CCCCCCCCCCCCCCCCCCNC(=S)S. The van der Waals surface area contributed by atoms with Crippen molar-refractivity contribution in [3.63, 3.8) is 0 Å². The number of thiol groups is 1. The molecule has 0 aliphatic rings. The predicted molar refractivity (Wildman–Crippen MR) is 120 cm³/mol. The first-order chi connectivity index (χ1) is 12.4. The second-order valence-corrected chi connectivity index (χ2v) is 10.2. The van der Waals surface area contributed by atoms with Crippen LogP contribution in [0.25, 0.3) is 0 Å². The van der Waals surface area contributed by atoms with E-state index in [1.165, 1.54) is 83.5 Å². The van der Waals surface area contributed by atoms with Gasteiger partial charge in [-0.25, -0.2) is 0 Å². The van der Waals surface area contributed by atoms with Crippen molar-refractivity contribution in [2.24, 2.45) is 0 Å². The summed E-state index contributed by atoms with van der Waals surface area (Å²) in [5.74, 6) is 0. The van der Waals surface area contributed by atoms with E-state index in [0.717, 1.165) is 19.4 Å². The van der Waals surface area contributed by atoms with Gasteiger partial charge in [0.05, 0.1) is 0 Å². The highest BCUT2D eigenvalue weighted by Crippen LogP contribution is 2.35. The smallest absolute Gasteiger partial charge is 0.325 e. The van der Waals surface area contributed by atoms with Crippen LogP contribution in [0.15, 0.2) is 0 Å². The molecule has 0 amide bonds. The maximum atomic E-state index is 10.7. The summed E-state index contributed by atoms with van der Waals surface area (Å²) in [6.07, 6.45) is 19.9. The summed E-state index contributed by atoms with van der Waals surface area (Å²) in [4.78, 5) is 17.5. The molecule has 0 heterocycles. The van der Waals surface area contributed by atoms with Crippen LogP contribution in [0.3, 0.4) is 0 Å². The monoisotopic (exact) mass is 425 g/mol. The van der Waals surface area contributed by atoms with E-state index in [-0.39, 0.29) is 6.16 Å². The summed E-state index contributed by atoms with van der Waals surface area (Å²) in [6, 6.07) is 0. The predicted octanol–water partition coefficient (Wildman–Crippen LogP) is 6.21. The minimum atomic E-state index is -3.77. The average Bonchev–Trinajstić information content (AvgIpc) is 2.55. The van der Waals surface area contributed by atoms with Gasteiger partial charge in [0.1, 0.15) is 4.32 Å². The Balaban J connectivity index is 3.05. The molecule has 0 aliphatic heterocycles. The molecule has 0 atom stereocenters. The Morgan fingerprint density at radius 3 is 1.31 bits per heavy atom. The number of hydrogen-bond acceptors (Lipinski definition) is 2. The fourth-order valence-electron chi connectivity index (χ4n) is 3.11. The third-order valence-electron chi connectivity index (χ3n) is 4.65. The van der Waals surface area contributed by atoms with Crippen LogP contribution >= 0.6 is 32.4 Å². The number of thiocarbonyl (C=S) groups is 1. The highest BCUT2D eigenvalue weighted by Gasteiger charge is 2.10. The summed E-state index contributed by atoms with van der Waals surface area (Å²) in [7, 11) is -3.77. The van der Waals surface area contributed by atoms with Crippen molar-refractivity contribution in [3.8, 4) is 0 Å². The van der Waals surface area contributed by atoms with Crippen molar-refractivity contribution in [2.45, 2.75) is 103 Å². The number of rotatable bonds is 19. The summed E-state index contributed by atoms with van der Waals surface area (Å²) in [5.41, 5.74) is 0. The van der Waals surface area contributed by atoms with Crippen LogP contribution in [0.5, 0.6) is 0 Å². The van der Waals surface area contributed by atoms with Gasteiger partial charge >= 0.3 is 7.60 Å². The van der Waals surface area contributed by atoms with Gasteiger partial charge in [0.25, 0.3) is 0 Å². The zero-order valence-corrected chi connectivity index (χ0v) is 18.9. The third kappa shape index (κ3) is 24.4. The zero-order chi connectivity index (χ0) is 19.5. The molecule has 0 spiro atoms.